The molecule has 0 fully saturated rings. The third-order valence-electron chi connectivity index (χ3n) is 5.49. The molecule has 25 heavy (non-hydrogen) atoms. The van der Waals surface area contributed by atoms with E-state index in [0.717, 1.165) is 29.1 Å². The van der Waals surface area contributed by atoms with Gasteiger partial charge in [0, 0.05) is 17.5 Å². The third kappa shape index (κ3) is 3.28. The molecule has 0 aliphatic heterocycles. The Hall–Kier alpha value is -2.29. The molecule has 2 aromatic carbocycles. The van der Waals surface area contributed by atoms with Crippen LogP contribution in [0.5, 0.6) is 5.75 Å². The monoisotopic (exact) mass is 336 g/mol. The molecule has 0 radical (unpaired) electrons. The van der Waals surface area contributed by atoms with Crippen LogP contribution in [0, 0.1) is 0 Å². The van der Waals surface area contributed by atoms with E-state index in [2.05, 4.69) is 44.8 Å². The minimum Gasteiger partial charge on any atom is -0.497 e. The summed E-state index contributed by atoms with van der Waals surface area (Å²) in [5.41, 5.74) is 12.3. The van der Waals surface area contributed by atoms with Crippen LogP contribution in [0.2, 0.25) is 0 Å². The number of methoxy groups -OCH3 is 1. The molecular formula is C22H28N2O. The Balaban J connectivity index is 2.00. The van der Waals surface area contributed by atoms with Crippen LogP contribution < -0.4 is 10.5 Å². The van der Waals surface area contributed by atoms with E-state index in [9.17, 15) is 0 Å². The second kappa shape index (κ2) is 6.21. The van der Waals surface area contributed by atoms with Gasteiger partial charge in [-0.25, -0.2) is 0 Å². The fourth-order valence-corrected chi connectivity index (χ4v) is 3.74. The summed E-state index contributed by atoms with van der Waals surface area (Å²) >= 11 is 0. The molecule has 0 spiro atoms. The topological polar surface area (TPSA) is 47.6 Å². The molecule has 3 rings (SSSR count). The van der Waals surface area contributed by atoms with Crippen molar-refractivity contribution in [3.63, 3.8) is 0 Å². The third-order valence-corrected chi connectivity index (χ3v) is 5.49. The second-order valence-corrected chi connectivity index (χ2v) is 8.22. The first kappa shape index (κ1) is 17.5. The van der Waals surface area contributed by atoms with Crippen LogP contribution >= 0.6 is 0 Å². The molecule has 0 aromatic heterocycles. The highest BCUT2D eigenvalue weighted by Crippen LogP contribution is 2.48. The Kier molecular flexibility index (Phi) is 4.36. The first-order valence-corrected chi connectivity index (χ1v) is 8.86. The largest absolute Gasteiger partial charge is 0.497 e. The number of fused-ring (bicyclic) bond motifs is 1. The minimum absolute atomic E-state index is 0.0961. The summed E-state index contributed by atoms with van der Waals surface area (Å²) in [7, 11) is 1.66. The van der Waals surface area contributed by atoms with Crippen molar-refractivity contribution in [3.05, 3.63) is 53.1 Å². The summed E-state index contributed by atoms with van der Waals surface area (Å²) < 4.78 is 5.18. The molecule has 1 aliphatic rings. The number of nitrogens with two attached hydrogens (primary N) is 1. The highest BCUT2D eigenvalue weighted by molar-refractivity contribution is 5.90. The Bertz CT molecular complexity index is 802. The molecule has 0 saturated carbocycles. The van der Waals surface area contributed by atoms with Gasteiger partial charge in [-0.3, -0.25) is 4.99 Å². The van der Waals surface area contributed by atoms with E-state index < -0.39 is 0 Å². The molecule has 0 amide bonds. The van der Waals surface area contributed by atoms with E-state index >= 15 is 0 Å². The molecule has 3 nitrogen and oxygen atoms in total. The van der Waals surface area contributed by atoms with Crippen LogP contribution in [0.15, 0.2) is 41.4 Å². The van der Waals surface area contributed by atoms with Gasteiger partial charge in [0.2, 0.25) is 0 Å². The number of hydrogen-bond donors (Lipinski definition) is 1. The average Bonchev–Trinajstić information content (AvgIpc) is 2.58. The van der Waals surface area contributed by atoms with Crippen LogP contribution in [0.4, 0.5) is 11.4 Å². The van der Waals surface area contributed by atoms with Crippen LogP contribution in [-0.4, -0.2) is 13.3 Å². The van der Waals surface area contributed by atoms with E-state index in [1.165, 1.54) is 17.5 Å². The fraction of sp³-hybridized carbons (Fsp3) is 0.409. The van der Waals surface area contributed by atoms with Crippen LogP contribution in [0.3, 0.4) is 0 Å². The van der Waals surface area contributed by atoms with Crippen molar-refractivity contribution < 1.29 is 4.74 Å². The van der Waals surface area contributed by atoms with Crippen molar-refractivity contribution in [2.75, 3.05) is 12.8 Å². The highest BCUT2D eigenvalue weighted by Gasteiger charge is 2.38. The number of ether oxygens (including phenoxy) is 1. The molecule has 2 aromatic rings. The fourth-order valence-electron chi connectivity index (χ4n) is 3.74. The average molecular weight is 336 g/mol. The number of hydrogen-bond acceptors (Lipinski definition) is 3. The van der Waals surface area contributed by atoms with Crippen LogP contribution in [-0.2, 0) is 10.8 Å². The molecule has 0 atom stereocenters. The van der Waals surface area contributed by atoms with Gasteiger partial charge < -0.3 is 10.5 Å². The summed E-state index contributed by atoms with van der Waals surface area (Å²) in [5, 5.41) is 0. The summed E-state index contributed by atoms with van der Waals surface area (Å²) in [6, 6.07) is 12.0. The Labute approximate surface area is 150 Å². The predicted octanol–water partition coefficient (Wildman–Crippen LogP) is 5.38. The normalized spacial score (nSPS) is 18.1. The van der Waals surface area contributed by atoms with Crippen molar-refractivity contribution in [1.82, 2.24) is 0 Å². The zero-order valence-electron chi connectivity index (χ0n) is 15.9. The van der Waals surface area contributed by atoms with Crippen molar-refractivity contribution in [1.29, 1.82) is 0 Å². The number of anilines is 1. The second-order valence-electron chi connectivity index (χ2n) is 8.22. The summed E-state index contributed by atoms with van der Waals surface area (Å²) in [6.45, 7) is 9.21. The quantitative estimate of drug-likeness (QED) is 0.604. The van der Waals surface area contributed by atoms with E-state index in [0.29, 0.717) is 0 Å². The number of aliphatic imine (C=N–C) groups is 1. The van der Waals surface area contributed by atoms with Crippen molar-refractivity contribution in [3.8, 4) is 5.75 Å². The van der Waals surface area contributed by atoms with Crippen molar-refractivity contribution >= 4 is 17.6 Å². The Morgan fingerprint density at radius 3 is 2.24 bits per heavy atom. The van der Waals surface area contributed by atoms with Crippen LogP contribution in [0.25, 0.3) is 0 Å². The van der Waals surface area contributed by atoms with Gasteiger partial charge in [0.25, 0.3) is 0 Å². The van der Waals surface area contributed by atoms with Crippen LogP contribution in [0.1, 0.15) is 57.2 Å². The standard InChI is InChI=1S/C22H28N2O/c1-21(2)12-13-22(3,4)19-18(21)11-6-15(20(19)23)14-24-16-7-9-17(25-5)10-8-16/h6-11,14H,12-13,23H2,1-5H3. The SMILES string of the molecule is COc1ccc(N=Cc2ccc3c(c2N)C(C)(C)CCC3(C)C)cc1. The summed E-state index contributed by atoms with van der Waals surface area (Å²) in [6.07, 6.45) is 4.21. The van der Waals surface area contributed by atoms with Gasteiger partial charge in [0.15, 0.2) is 0 Å². The van der Waals surface area contributed by atoms with Gasteiger partial charge in [0.1, 0.15) is 5.75 Å². The van der Waals surface area contributed by atoms with E-state index in [1.807, 2.05) is 30.5 Å². The molecule has 1 aliphatic carbocycles. The zero-order valence-corrected chi connectivity index (χ0v) is 15.9. The van der Waals surface area contributed by atoms with Gasteiger partial charge in [-0.1, -0.05) is 39.8 Å². The molecule has 132 valence electrons. The van der Waals surface area contributed by atoms with E-state index in [4.69, 9.17) is 10.5 Å². The van der Waals surface area contributed by atoms with E-state index in [1.54, 1.807) is 7.11 Å². The smallest absolute Gasteiger partial charge is 0.119 e. The van der Waals surface area contributed by atoms with Gasteiger partial charge in [-0.05, 0) is 59.1 Å². The minimum atomic E-state index is 0.0961. The molecule has 0 unspecified atom stereocenters. The van der Waals surface area contributed by atoms with Gasteiger partial charge in [-0.15, -0.1) is 0 Å². The van der Waals surface area contributed by atoms with Crippen molar-refractivity contribution in [2.24, 2.45) is 4.99 Å². The first-order chi connectivity index (χ1) is 11.7. The Morgan fingerprint density at radius 1 is 0.960 bits per heavy atom. The van der Waals surface area contributed by atoms with Gasteiger partial charge >= 0.3 is 0 Å². The molecule has 2 N–H and O–H groups in total. The predicted molar refractivity (Wildman–Crippen MR) is 106 cm³/mol. The lowest BCUT2D eigenvalue weighted by atomic mass is 9.62. The molecule has 3 heteroatoms. The maximum Gasteiger partial charge on any atom is 0.119 e. The summed E-state index contributed by atoms with van der Waals surface area (Å²) in [5.74, 6) is 0.830. The number of rotatable bonds is 3. The van der Waals surface area contributed by atoms with Gasteiger partial charge in [0.05, 0.1) is 12.8 Å². The lowest BCUT2D eigenvalue weighted by Gasteiger charge is -2.42. The first-order valence-electron chi connectivity index (χ1n) is 8.86. The van der Waals surface area contributed by atoms with Gasteiger partial charge in [-0.2, -0.15) is 0 Å². The zero-order chi connectivity index (χ0) is 18.2. The maximum absolute atomic E-state index is 6.60. The number of nitrogens with zero attached hydrogens (tertiary/aromatic N) is 1. The van der Waals surface area contributed by atoms with Crippen molar-refractivity contribution in [2.45, 2.75) is 51.4 Å². The number of nitrogen functional groups attached to an aromatic ring is 1. The molecule has 0 bridgehead atoms. The molecular weight excluding hydrogens is 308 g/mol. The lowest BCUT2D eigenvalue weighted by molar-refractivity contribution is 0.333. The lowest BCUT2D eigenvalue weighted by Crippen LogP contribution is -2.35. The maximum atomic E-state index is 6.60. The number of benzene rings is 2. The molecule has 0 heterocycles. The highest BCUT2D eigenvalue weighted by atomic mass is 16.5. The van der Waals surface area contributed by atoms with E-state index in [-0.39, 0.29) is 10.8 Å². The molecule has 0 saturated heterocycles. The Morgan fingerprint density at radius 2 is 1.60 bits per heavy atom. The summed E-state index contributed by atoms with van der Waals surface area (Å²) in [4.78, 5) is 4.59.